The van der Waals surface area contributed by atoms with Crippen LogP contribution in [0.3, 0.4) is 0 Å². The minimum atomic E-state index is -0.718. The molecule has 0 radical (unpaired) electrons. The van der Waals surface area contributed by atoms with Gasteiger partial charge in [-0.05, 0) is 47.5 Å². The molecule has 1 amide bonds. The summed E-state index contributed by atoms with van der Waals surface area (Å²) in [5.74, 6) is -1.16. The number of benzene rings is 2. The Bertz CT molecular complexity index is 1380. The number of aryl methyl sites for hydroxylation is 1. The normalized spacial score (nSPS) is 13.1. The van der Waals surface area contributed by atoms with Crippen molar-refractivity contribution >= 4 is 16.8 Å². The number of halogens is 2. The Balaban J connectivity index is 1.46. The zero-order valence-electron chi connectivity index (χ0n) is 18.7. The van der Waals surface area contributed by atoms with Crippen LogP contribution >= 0.6 is 0 Å². The van der Waals surface area contributed by atoms with Crippen molar-refractivity contribution in [1.29, 1.82) is 0 Å². The van der Waals surface area contributed by atoms with Gasteiger partial charge in [0.2, 0.25) is 0 Å². The van der Waals surface area contributed by atoms with Gasteiger partial charge in [0.25, 0.3) is 5.91 Å². The van der Waals surface area contributed by atoms with Crippen LogP contribution in [0.2, 0.25) is 0 Å². The summed E-state index contributed by atoms with van der Waals surface area (Å²) in [6.45, 7) is 0.820. The average molecular weight is 464 g/mol. The maximum absolute atomic E-state index is 15.1. The van der Waals surface area contributed by atoms with Gasteiger partial charge in [0.05, 0.1) is 31.0 Å². The first-order chi connectivity index (χ1) is 16.5. The molecular formula is C25H22F2N4O3. The van der Waals surface area contributed by atoms with Gasteiger partial charge >= 0.3 is 0 Å². The highest BCUT2D eigenvalue weighted by atomic mass is 19.1. The van der Waals surface area contributed by atoms with Crippen molar-refractivity contribution in [2.75, 3.05) is 20.3 Å². The number of methoxy groups -OCH3 is 1. The highest BCUT2D eigenvalue weighted by molar-refractivity contribution is 5.98. The number of nitrogens with zero attached hydrogens (tertiary/aromatic N) is 4. The predicted molar refractivity (Wildman–Crippen MR) is 121 cm³/mol. The number of fused-ring (bicyclic) bond motifs is 2. The Morgan fingerprint density at radius 3 is 2.62 bits per heavy atom. The molecule has 1 aliphatic heterocycles. The molecule has 2 aromatic heterocycles. The van der Waals surface area contributed by atoms with Crippen molar-refractivity contribution in [2.24, 2.45) is 7.05 Å². The molecule has 0 atom stereocenters. The Hall–Kier alpha value is -3.85. The number of pyridine rings is 1. The molecule has 0 saturated carbocycles. The van der Waals surface area contributed by atoms with Gasteiger partial charge in [-0.25, -0.2) is 8.78 Å². The third kappa shape index (κ3) is 3.88. The van der Waals surface area contributed by atoms with Gasteiger partial charge in [0, 0.05) is 37.5 Å². The average Bonchev–Trinajstić information content (AvgIpc) is 3.36. The first-order valence-electron chi connectivity index (χ1n) is 10.8. The van der Waals surface area contributed by atoms with Gasteiger partial charge in [-0.15, -0.1) is 0 Å². The van der Waals surface area contributed by atoms with Crippen LogP contribution in [0, 0.1) is 11.6 Å². The second kappa shape index (κ2) is 8.83. The van der Waals surface area contributed by atoms with Gasteiger partial charge in [0.15, 0.2) is 0 Å². The lowest BCUT2D eigenvalue weighted by Gasteiger charge is -2.17. The van der Waals surface area contributed by atoms with Crippen LogP contribution in [0.15, 0.2) is 48.8 Å². The summed E-state index contributed by atoms with van der Waals surface area (Å²) < 4.78 is 42.7. The number of amides is 1. The molecule has 1 aliphatic rings. The lowest BCUT2D eigenvalue weighted by Crippen LogP contribution is -2.24. The Labute approximate surface area is 194 Å². The van der Waals surface area contributed by atoms with Crippen molar-refractivity contribution in [3.05, 3.63) is 77.2 Å². The van der Waals surface area contributed by atoms with Crippen molar-refractivity contribution in [3.63, 3.8) is 0 Å². The van der Waals surface area contributed by atoms with E-state index in [1.807, 2.05) is 0 Å². The fraction of sp³-hybridized carbons (Fsp3) is 0.240. The summed E-state index contributed by atoms with van der Waals surface area (Å²) in [6.07, 6.45) is 3.38. The minimum absolute atomic E-state index is 0.160. The molecule has 4 aromatic rings. The van der Waals surface area contributed by atoms with E-state index in [0.29, 0.717) is 52.3 Å². The van der Waals surface area contributed by atoms with Crippen molar-refractivity contribution in [1.82, 2.24) is 19.7 Å². The topological polar surface area (TPSA) is 69.5 Å². The van der Waals surface area contributed by atoms with Crippen LogP contribution in [0.1, 0.15) is 21.6 Å². The molecular weight excluding hydrogens is 442 g/mol. The van der Waals surface area contributed by atoms with Crippen molar-refractivity contribution < 1.29 is 23.0 Å². The Morgan fingerprint density at radius 1 is 1.09 bits per heavy atom. The van der Waals surface area contributed by atoms with E-state index in [4.69, 9.17) is 9.47 Å². The van der Waals surface area contributed by atoms with E-state index in [1.165, 1.54) is 17.0 Å². The molecule has 0 unspecified atom stereocenters. The van der Waals surface area contributed by atoms with Crippen LogP contribution in [-0.4, -0.2) is 45.9 Å². The van der Waals surface area contributed by atoms with Crippen LogP contribution in [0.25, 0.3) is 22.0 Å². The predicted octanol–water partition coefficient (Wildman–Crippen LogP) is 4.09. The number of carbonyl (C=O) groups excluding carboxylic acids is 1. The van der Waals surface area contributed by atoms with E-state index < -0.39 is 11.6 Å². The highest BCUT2D eigenvalue weighted by Crippen LogP contribution is 2.35. The van der Waals surface area contributed by atoms with Crippen LogP contribution in [0.5, 0.6) is 5.75 Å². The van der Waals surface area contributed by atoms with E-state index in [-0.39, 0.29) is 24.6 Å². The fourth-order valence-electron chi connectivity index (χ4n) is 4.21. The van der Waals surface area contributed by atoms with E-state index >= 15 is 8.78 Å². The molecule has 5 rings (SSSR count). The Kier molecular flexibility index (Phi) is 5.70. The number of aromatic nitrogens is 3. The van der Waals surface area contributed by atoms with Gasteiger partial charge in [0.1, 0.15) is 29.5 Å². The largest absolute Gasteiger partial charge is 0.489 e. The minimum Gasteiger partial charge on any atom is -0.489 e. The quantitative estimate of drug-likeness (QED) is 0.385. The molecule has 7 nitrogen and oxygen atoms in total. The molecule has 34 heavy (non-hydrogen) atoms. The molecule has 0 aliphatic carbocycles. The van der Waals surface area contributed by atoms with Gasteiger partial charge in [-0.3, -0.25) is 14.5 Å². The first kappa shape index (κ1) is 22.0. The molecule has 0 spiro atoms. The first-order valence-corrected chi connectivity index (χ1v) is 10.8. The zero-order chi connectivity index (χ0) is 23.8. The molecule has 174 valence electrons. The van der Waals surface area contributed by atoms with E-state index in [1.54, 1.807) is 55.5 Å². The highest BCUT2D eigenvalue weighted by Gasteiger charge is 2.29. The second-order valence-corrected chi connectivity index (χ2v) is 8.09. The lowest BCUT2D eigenvalue weighted by atomic mass is 9.99. The molecule has 9 heteroatoms. The molecule has 0 N–H and O–H groups in total. The van der Waals surface area contributed by atoms with Gasteiger partial charge in [-0.2, -0.15) is 5.10 Å². The lowest BCUT2D eigenvalue weighted by molar-refractivity contribution is 0.0763. The SMILES string of the molecule is COCCOc1ccc(-c2cc(F)c(CN3Cc4ncccc4C3=O)c(F)c2)c2cn(C)nc12. The van der Waals surface area contributed by atoms with E-state index in [9.17, 15) is 4.79 Å². The molecule has 3 heterocycles. The van der Waals surface area contributed by atoms with Crippen molar-refractivity contribution in [2.45, 2.75) is 13.1 Å². The smallest absolute Gasteiger partial charge is 0.256 e. The second-order valence-electron chi connectivity index (χ2n) is 8.09. The van der Waals surface area contributed by atoms with E-state index in [0.717, 1.165) is 0 Å². The van der Waals surface area contributed by atoms with Gasteiger partial charge in [-0.1, -0.05) is 0 Å². The number of hydrogen-bond donors (Lipinski definition) is 0. The maximum atomic E-state index is 15.1. The summed E-state index contributed by atoms with van der Waals surface area (Å²) in [7, 11) is 3.36. The number of hydrogen-bond acceptors (Lipinski definition) is 5. The standard InChI is InChI=1S/C25H22F2N4O3/c1-30-12-18-16(5-6-23(24(18)29-30)34-9-8-33-2)15-10-20(26)19(21(27)11-15)13-31-14-22-17(25(31)32)4-3-7-28-22/h3-7,10-12H,8-9,13-14H2,1-2H3. The Morgan fingerprint density at radius 2 is 1.88 bits per heavy atom. The number of carbonyl (C=O) groups is 1. The summed E-state index contributed by atoms with van der Waals surface area (Å²) in [5.41, 5.74) is 2.50. The number of rotatable bonds is 7. The third-order valence-corrected chi connectivity index (χ3v) is 5.85. The molecule has 2 aromatic carbocycles. The summed E-state index contributed by atoms with van der Waals surface area (Å²) in [6, 6.07) is 9.41. The van der Waals surface area contributed by atoms with Crippen LogP contribution in [-0.2, 0) is 24.9 Å². The fourth-order valence-corrected chi connectivity index (χ4v) is 4.21. The third-order valence-electron chi connectivity index (χ3n) is 5.85. The molecule has 0 fully saturated rings. The summed E-state index contributed by atoms with van der Waals surface area (Å²) >= 11 is 0. The van der Waals surface area contributed by atoms with E-state index in [2.05, 4.69) is 10.1 Å². The van der Waals surface area contributed by atoms with Crippen molar-refractivity contribution in [3.8, 4) is 16.9 Å². The molecule has 0 bridgehead atoms. The summed E-state index contributed by atoms with van der Waals surface area (Å²) in [4.78, 5) is 18.2. The number of ether oxygens (including phenoxy) is 2. The van der Waals surface area contributed by atoms with Crippen LogP contribution < -0.4 is 4.74 Å². The molecule has 0 saturated heterocycles. The summed E-state index contributed by atoms with van der Waals surface area (Å²) in [5, 5.41) is 5.16. The monoisotopic (exact) mass is 464 g/mol. The van der Waals surface area contributed by atoms with Crippen LogP contribution in [0.4, 0.5) is 8.78 Å². The van der Waals surface area contributed by atoms with Gasteiger partial charge < -0.3 is 14.4 Å². The zero-order valence-corrected chi connectivity index (χ0v) is 18.7. The maximum Gasteiger partial charge on any atom is 0.256 e.